The van der Waals surface area contributed by atoms with Gasteiger partial charge in [-0.15, -0.1) is 0 Å². The minimum atomic E-state index is 0.154. The van der Waals surface area contributed by atoms with Crippen molar-refractivity contribution in [2.45, 2.75) is 115 Å². The zero-order valence-corrected chi connectivity index (χ0v) is 18.5. The number of hydrogen-bond donors (Lipinski definition) is 2. The predicted octanol–water partition coefficient (Wildman–Crippen LogP) is 5.24. The lowest BCUT2D eigenvalue weighted by molar-refractivity contribution is -0.123. The third kappa shape index (κ3) is 8.02. The van der Waals surface area contributed by atoms with Crippen LogP contribution >= 0.6 is 0 Å². The second kappa shape index (κ2) is 10.4. The van der Waals surface area contributed by atoms with E-state index >= 15 is 0 Å². The highest BCUT2D eigenvalue weighted by atomic mass is 16.1. The molecule has 6 aliphatic rings. The molecule has 0 bridgehead atoms. The lowest BCUT2D eigenvalue weighted by Gasteiger charge is -2.41. The van der Waals surface area contributed by atoms with E-state index in [1.165, 1.54) is 89.9 Å². The van der Waals surface area contributed by atoms with Crippen LogP contribution in [-0.2, 0) is 4.79 Å². The van der Waals surface area contributed by atoms with E-state index in [1.54, 1.807) is 0 Å². The summed E-state index contributed by atoms with van der Waals surface area (Å²) in [6, 6.07) is 3.07. The van der Waals surface area contributed by atoms with Gasteiger partial charge in [0, 0.05) is 18.9 Å². The van der Waals surface area contributed by atoms with E-state index in [1.807, 2.05) is 0 Å². The molecule has 0 heterocycles. The molecule has 0 amide bonds. The maximum atomic E-state index is 9.90. The molecule has 0 unspecified atom stereocenters. The Balaban J connectivity index is 0.000000118. The average Bonchev–Trinajstić information content (AvgIpc) is 3.48. The van der Waals surface area contributed by atoms with E-state index in [2.05, 4.69) is 6.07 Å². The number of nitrogens with two attached hydrogens (primary N) is 2. The summed E-state index contributed by atoms with van der Waals surface area (Å²) in [4.78, 5) is 9.90. The van der Waals surface area contributed by atoms with Crippen molar-refractivity contribution in [1.29, 1.82) is 5.26 Å². The summed E-state index contributed by atoms with van der Waals surface area (Å²) >= 11 is 0. The molecular weight excluding hydrogens is 358 g/mol. The quantitative estimate of drug-likeness (QED) is 0.658. The molecule has 0 atom stereocenters. The first-order valence-corrected chi connectivity index (χ1v) is 12.4. The minimum Gasteiger partial charge on any atom is -0.330 e. The Morgan fingerprint density at radius 2 is 1.34 bits per heavy atom. The molecule has 29 heavy (non-hydrogen) atoms. The molecule has 4 heteroatoms. The van der Waals surface area contributed by atoms with Gasteiger partial charge < -0.3 is 11.5 Å². The highest BCUT2D eigenvalue weighted by Crippen LogP contribution is 2.51. The average molecular weight is 402 g/mol. The van der Waals surface area contributed by atoms with Crippen molar-refractivity contribution in [3.63, 3.8) is 0 Å². The van der Waals surface area contributed by atoms with Gasteiger partial charge in [0.15, 0.2) is 0 Å². The van der Waals surface area contributed by atoms with E-state index in [-0.39, 0.29) is 5.41 Å². The van der Waals surface area contributed by atoms with Crippen LogP contribution in [0.15, 0.2) is 0 Å². The van der Waals surface area contributed by atoms with Gasteiger partial charge in [-0.1, -0.05) is 38.5 Å². The third-order valence-electron chi connectivity index (χ3n) is 7.72. The summed E-state index contributed by atoms with van der Waals surface area (Å²) in [5.41, 5.74) is 11.7. The predicted molar refractivity (Wildman–Crippen MR) is 118 cm³/mol. The number of carbonyl (C=O) groups excluding carboxylic acids is 1. The summed E-state index contributed by atoms with van der Waals surface area (Å²) < 4.78 is 0. The van der Waals surface area contributed by atoms with Crippen LogP contribution in [0.25, 0.3) is 0 Å². The molecule has 4 N–H and O–H groups in total. The third-order valence-corrected chi connectivity index (χ3v) is 7.72. The number of hydrogen-bond acceptors (Lipinski definition) is 4. The fourth-order valence-corrected chi connectivity index (χ4v) is 4.36. The van der Waals surface area contributed by atoms with Gasteiger partial charge in [0.2, 0.25) is 0 Å². The van der Waals surface area contributed by atoms with E-state index in [0.29, 0.717) is 17.2 Å². The van der Waals surface area contributed by atoms with Crippen molar-refractivity contribution < 1.29 is 4.79 Å². The fourth-order valence-electron chi connectivity index (χ4n) is 4.36. The van der Waals surface area contributed by atoms with Crippen molar-refractivity contribution in [1.82, 2.24) is 0 Å². The Hall–Kier alpha value is -0.920. The first kappa shape index (κ1) is 22.8. The molecule has 6 aliphatic carbocycles. The lowest BCUT2D eigenvalue weighted by atomic mass is 9.66. The van der Waals surface area contributed by atoms with Gasteiger partial charge >= 0.3 is 0 Å². The van der Waals surface area contributed by atoms with Gasteiger partial charge in [-0.05, 0) is 81.6 Å². The van der Waals surface area contributed by atoms with Crippen LogP contribution in [0.3, 0.4) is 0 Å². The second-order valence-electron chi connectivity index (χ2n) is 10.8. The van der Waals surface area contributed by atoms with Gasteiger partial charge in [0.25, 0.3) is 0 Å². The smallest absolute Gasteiger partial charge is 0.132 e. The van der Waals surface area contributed by atoms with E-state index < -0.39 is 0 Å². The molecule has 0 radical (unpaired) electrons. The van der Waals surface area contributed by atoms with Crippen LogP contribution in [0.4, 0.5) is 0 Å². The molecule has 0 saturated heterocycles. The normalized spacial score (nSPS) is 27.6. The maximum Gasteiger partial charge on any atom is 0.132 e. The lowest BCUT2D eigenvalue weighted by Crippen LogP contribution is -2.37. The highest BCUT2D eigenvalue weighted by molar-refractivity contribution is 5.83. The molecule has 0 spiro atoms. The van der Waals surface area contributed by atoms with Crippen molar-refractivity contribution in [3.05, 3.63) is 0 Å². The van der Waals surface area contributed by atoms with E-state index in [9.17, 15) is 4.79 Å². The van der Waals surface area contributed by atoms with Gasteiger partial charge in [0.1, 0.15) is 5.78 Å². The summed E-state index contributed by atoms with van der Waals surface area (Å²) in [6.45, 7) is 0.948. The number of nitriles is 1. The Morgan fingerprint density at radius 1 is 0.862 bits per heavy atom. The Kier molecular flexibility index (Phi) is 8.16. The van der Waals surface area contributed by atoms with Crippen molar-refractivity contribution in [3.8, 4) is 6.07 Å². The molecule has 6 saturated carbocycles. The Labute approximate surface area is 178 Å². The SMILES string of the molecule is N#CC1(CC2CC2)CCC1.NC1CC1.NCC1(CC2CC2)CCC1.O=C1CCC1. The number of nitrogens with zero attached hydrogens (tertiary/aromatic N) is 1. The molecule has 6 fully saturated rings. The molecule has 164 valence electrons. The molecule has 0 aromatic carbocycles. The van der Waals surface area contributed by atoms with Gasteiger partial charge in [0.05, 0.1) is 11.5 Å². The molecule has 0 aliphatic heterocycles. The molecule has 4 nitrogen and oxygen atoms in total. The second-order valence-corrected chi connectivity index (χ2v) is 10.8. The molecular formula is C25H43N3O. The van der Waals surface area contributed by atoms with Crippen LogP contribution in [-0.4, -0.2) is 18.4 Å². The minimum absolute atomic E-state index is 0.154. The zero-order chi connectivity index (χ0) is 20.7. The fraction of sp³-hybridized carbons (Fsp3) is 0.920. The van der Waals surface area contributed by atoms with Crippen LogP contribution in [0.5, 0.6) is 0 Å². The number of carbonyl (C=O) groups is 1. The molecule has 6 rings (SSSR count). The van der Waals surface area contributed by atoms with Gasteiger partial charge in [-0.2, -0.15) is 5.26 Å². The van der Waals surface area contributed by atoms with E-state index in [0.717, 1.165) is 37.6 Å². The summed E-state index contributed by atoms with van der Waals surface area (Å²) in [5.74, 6) is 2.44. The standard InChI is InChI=1S/C9H17N.C9H13N.C4H6O.C3H7N/c2*10-7-9(4-1-5-9)6-8-2-3-8;5-4-2-1-3-4;4-3-1-2-3/h8H,1-7,10H2;8H,1-6H2;1-3H2;3H,1-2,4H2. The maximum absolute atomic E-state index is 9.90. The summed E-state index contributed by atoms with van der Waals surface area (Å²) in [7, 11) is 0. The van der Waals surface area contributed by atoms with Gasteiger partial charge in [-0.25, -0.2) is 0 Å². The van der Waals surface area contributed by atoms with Crippen molar-refractivity contribution >= 4 is 5.78 Å². The van der Waals surface area contributed by atoms with Crippen LogP contribution in [0, 0.1) is 34.0 Å². The number of ketones is 1. The highest BCUT2D eigenvalue weighted by Gasteiger charge is 2.42. The Bertz CT molecular complexity index is 550. The van der Waals surface area contributed by atoms with E-state index in [4.69, 9.17) is 16.7 Å². The largest absolute Gasteiger partial charge is 0.330 e. The first-order valence-electron chi connectivity index (χ1n) is 12.4. The van der Waals surface area contributed by atoms with Crippen LogP contribution in [0.2, 0.25) is 0 Å². The first-order chi connectivity index (χ1) is 14.0. The topological polar surface area (TPSA) is 92.9 Å². The zero-order valence-electron chi connectivity index (χ0n) is 18.5. The van der Waals surface area contributed by atoms with Crippen molar-refractivity contribution in [2.24, 2.45) is 34.1 Å². The van der Waals surface area contributed by atoms with Crippen molar-refractivity contribution in [2.75, 3.05) is 6.54 Å². The monoisotopic (exact) mass is 401 g/mol. The Morgan fingerprint density at radius 3 is 1.55 bits per heavy atom. The summed E-state index contributed by atoms with van der Waals surface area (Å²) in [5, 5.41) is 8.86. The molecule has 0 aromatic heterocycles. The number of rotatable bonds is 5. The number of Topliss-reactive ketones (excluding diaryl/α,β-unsaturated/α-hetero) is 1. The molecule has 0 aromatic rings. The van der Waals surface area contributed by atoms with Gasteiger partial charge in [-0.3, -0.25) is 4.79 Å². The van der Waals surface area contributed by atoms with Crippen LogP contribution < -0.4 is 11.5 Å². The summed E-state index contributed by atoms with van der Waals surface area (Å²) in [6.07, 6.45) is 21.7. The van der Waals surface area contributed by atoms with Crippen LogP contribution in [0.1, 0.15) is 109 Å².